The number of ether oxygens (including phenoxy) is 2. The topological polar surface area (TPSA) is 113 Å². The number of benzene rings is 2. The Labute approximate surface area is 233 Å². The van der Waals surface area contributed by atoms with Gasteiger partial charge in [-0.15, -0.1) is 10.2 Å². The summed E-state index contributed by atoms with van der Waals surface area (Å²) in [6, 6.07) is 18.5. The molecule has 40 heavy (non-hydrogen) atoms. The highest BCUT2D eigenvalue weighted by atomic mass is 16.5. The first kappa shape index (κ1) is 26.9. The zero-order chi connectivity index (χ0) is 27.9. The second-order valence-corrected chi connectivity index (χ2v) is 9.45. The Balaban J connectivity index is 1.18. The summed E-state index contributed by atoms with van der Waals surface area (Å²) in [5, 5.41) is 21.2. The van der Waals surface area contributed by atoms with E-state index in [1.54, 1.807) is 49.7 Å². The number of methoxy groups -OCH3 is 1. The molecule has 0 atom stereocenters. The Bertz CT molecular complexity index is 1440. The number of aromatic nitrogens is 3. The highest BCUT2D eigenvalue weighted by molar-refractivity contribution is 6.02. The summed E-state index contributed by atoms with van der Waals surface area (Å²) in [7, 11) is 1.60. The SMILES string of the molecule is CCOc1cc(CN2CCN(c3ccc(C(=O)Nc4ccc(OC)cc4)nn3)CC2)cc(-c2cncc(O)c2)c1. The lowest BCUT2D eigenvalue weighted by Crippen LogP contribution is -2.46. The number of carbonyl (C=O) groups excluding carboxylic acids is 1. The fourth-order valence-corrected chi connectivity index (χ4v) is 4.63. The van der Waals surface area contributed by atoms with Crippen molar-refractivity contribution in [1.29, 1.82) is 0 Å². The van der Waals surface area contributed by atoms with Gasteiger partial charge in [0.2, 0.25) is 0 Å². The lowest BCUT2D eigenvalue weighted by Gasteiger charge is -2.35. The van der Waals surface area contributed by atoms with Gasteiger partial charge >= 0.3 is 0 Å². The summed E-state index contributed by atoms with van der Waals surface area (Å²) in [4.78, 5) is 21.3. The van der Waals surface area contributed by atoms with Gasteiger partial charge in [0.1, 0.15) is 17.2 Å². The Hall–Kier alpha value is -4.70. The van der Waals surface area contributed by atoms with Gasteiger partial charge in [-0.1, -0.05) is 0 Å². The first-order valence-electron chi connectivity index (χ1n) is 13.2. The summed E-state index contributed by atoms with van der Waals surface area (Å²) >= 11 is 0. The van der Waals surface area contributed by atoms with E-state index in [2.05, 4.69) is 42.4 Å². The predicted molar refractivity (Wildman–Crippen MR) is 153 cm³/mol. The molecule has 2 aromatic heterocycles. The summed E-state index contributed by atoms with van der Waals surface area (Å²) in [5.74, 6) is 2.08. The Morgan fingerprint density at radius 2 is 1.73 bits per heavy atom. The standard InChI is InChI=1S/C30H32N6O4/c1-3-40-27-15-21(14-22(17-27)23-16-25(37)19-31-18-23)20-35-10-12-36(13-11-35)29-9-8-28(33-34-29)30(38)32-24-4-6-26(39-2)7-5-24/h4-9,14-19,37H,3,10-13,20H2,1-2H3,(H,32,38). The molecule has 10 nitrogen and oxygen atoms in total. The van der Waals surface area contributed by atoms with E-state index in [1.165, 1.54) is 6.20 Å². The molecule has 1 amide bonds. The monoisotopic (exact) mass is 540 g/mol. The highest BCUT2D eigenvalue weighted by Crippen LogP contribution is 2.29. The third-order valence-electron chi connectivity index (χ3n) is 6.67. The molecular formula is C30H32N6O4. The summed E-state index contributed by atoms with van der Waals surface area (Å²) in [5.41, 5.74) is 3.84. The Kier molecular flexibility index (Phi) is 8.36. The maximum Gasteiger partial charge on any atom is 0.276 e. The van der Waals surface area contributed by atoms with Crippen molar-refractivity contribution in [2.24, 2.45) is 0 Å². The molecule has 0 unspecified atom stereocenters. The molecule has 2 aromatic carbocycles. The van der Waals surface area contributed by atoms with Crippen LogP contribution in [0, 0.1) is 0 Å². The number of nitrogens with zero attached hydrogens (tertiary/aromatic N) is 5. The Morgan fingerprint density at radius 1 is 0.925 bits per heavy atom. The average molecular weight is 541 g/mol. The second kappa shape index (κ2) is 12.4. The van der Waals surface area contributed by atoms with Crippen molar-refractivity contribution in [3.05, 3.63) is 84.3 Å². The molecule has 1 saturated heterocycles. The average Bonchev–Trinajstić information content (AvgIpc) is 2.98. The van der Waals surface area contributed by atoms with Crippen molar-refractivity contribution in [2.75, 3.05) is 50.1 Å². The maximum absolute atomic E-state index is 12.6. The number of carbonyl (C=O) groups is 1. The van der Waals surface area contributed by atoms with Gasteiger partial charge in [0, 0.05) is 50.2 Å². The number of aromatic hydroxyl groups is 1. The van der Waals surface area contributed by atoms with Crippen molar-refractivity contribution in [3.8, 4) is 28.4 Å². The third kappa shape index (κ3) is 6.65. The van der Waals surface area contributed by atoms with Gasteiger partial charge in [-0.3, -0.25) is 14.7 Å². The lowest BCUT2D eigenvalue weighted by molar-refractivity contribution is 0.102. The van der Waals surface area contributed by atoms with Crippen LogP contribution in [0.1, 0.15) is 23.0 Å². The fraction of sp³-hybridized carbons (Fsp3) is 0.267. The molecule has 4 aromatic rings. The lowest BCUT2D eigenvalue weighted by atomic mass is 10.0. The summed E-state index contributed by atoms with van der Waals surface area (Å²) in [6.45, 7) is 6.59. The zero-order valence-corrected chi connectivity index (χ0v) is 22.6. The molecule has 0 saturated carbocycles. The number of hydrogen-bond donors (Lipinski definition) is 2. The van der Waals surface area contributed by atoms with Gasteiger partial charge in [0.05, 0.1) is 19.9 Å². The molecule has 10 heteroatoms. The van der Waals surface area contributed by atoms with Gasteiger partial charge in [-0.2, -0.15) is 0 Å². The van der Waals surface area contributed by atoms with Crippen LogP contribution in [0.15, 0.2) is 73.1 Å². The number of amides is 1. The molecule has 2 N–H and O–H groups in total. The smallest absolute Gasteiger partial charge is 0.276 e. The Morgan fingerprint density at radius 3 is 2.40 bits per heavy atom. The van der Waals surface area contributed by atoms with E-state index in [9.17, 15) is 9.90 Å². The highest BCUT2D eigenvalue weighted by Gasteiger charge is 2.20. The molecule has 3 heterocycles. The summed E-state index contributed by atoms with van der Waals surface area (Å²) in [6.07, 6.45) is 3.16. The van der Waals surface area contributed by atoms with E-state index >= 15 is 0 Å². The minimum Gasteiger partial charge on any atom is -0.506 e. The second-order valence-electron chi connectivity index (χ2n) is 9.45. The van der Waals surface area contributed by atoms with Gasteiger partial charge in [-0.05, 0) is 78.7 Å². The van der Waals surface area contributed by atoms with Crippen LogP contribution in [0.4, 0.5) is 11.5 Å². The van der Waals surface area contributed by atoms with Gasteiger partial charge in [0.25, 0.3) is 5.91 Å². The molecule has 206 valence electrons. The van der Waals surface area contributed by atoms with E-state index < -0.39 is 0 Å². The van der Waals surface area contributed by atoms with Crippen LogP contribution in [0.25, 0.3) is 11.1 Å². The number of pyridine rings is 1. The van der Waals surface area contributed by atoms with Crippen molar-refractivity contribution in [3.63, 3.8) is 0 Å². The van der Waals surface area contributed by atoms with Crippen molar-refractivity contribution in [2.45, 2.75) is 13.5 Å². The number of rotatable bonds is 9. The molecule has 0 bridgehead atoms. The molecule has 5 rings (SSSR count). The van der Waals surface area contributed by atoms with E-state index in [4.69, 9.17) is 9.47 Å². The van der Waals surface area contributed by atoms with Crippen LogP contribution in [0.3, 0.4) is 0 Å². The van der Waals surface area contributed by atoms with Crippen LogP contribution in [0.5, 0.6) is 17.2 Å². The van der Waals surface area contributed by atoms with Crippen LogP contribution in [-0.4, -0.2) is 71.0 Å². The normalized spacial score (nSPS) is 13.6. The van der Waals surface area contributed by atoms with Crippen molar-refractivity contribution in [1.82, 2.24) is 20.1 Å². The van der Waals surface area contributed by atoms with E-state index in [-0.39, 0.29) is 17.4 Å². The number of nitrogens with one attached hydrogen (secondary N) is 1. The maximum atomic E-state index is 12.6. The minimum atomic E-state index is -0.316. The van der Waals surface area contributed by atoms with Gasteiger partial charge in [-0.25, -0.2) is 0 Å². The van der Waals surface area contributed by atoms with E-state index in [0.717, 1.165) is 66.7 Å². The van der Waals surface area contributed by atoms with Crippen LogP contribution in [-0.2, 0) is 6.54 Å². The van der Waals surface area contributed by atoms with Crippen LogP contribution >= 0.6 is 0 Å². The van der Waals surface area contributed by atoms with Crippen molar-refractivity contribution >= 4 is 17.4 Å². The fourth-order valence-electron chi connectivity index (χ4n) is 4.63. The molecule has 0 aliphatic carbocycles. The zero-order valence-electron chi connectivity index (χ0n) is 22.6. The molecule has 1 aliphatic rings. The van der Waals surface area contributed by atoms with E-state index in [1.807, 2.05) is 19.1 Å². The summed E-state index contributed by atoms with van der Waals surface area (Å²) < 4.78 is 11.0. The number of anilines is 2. The molecular weight excluding hydrogens is 508 g/mol. The number of hydrogen-bond acceptors (Lipinski definition) is 9. The predicted octanol–water partition coefficient (Wildman–Crippen LogP) is 4.23. The van der Waals surface area contributed by atoms with Crippen molar-refractivity contribution < 1.29 is 19.4 Å². The largest absolute Gasteiger partial charge is 0.506 e. The number of piperazine rings is 1. The quantitative estimate of drug-likeness (QED) is 0.322. The molecule has 1 fully saturated rings. The van der Waals surface area contributed by atoms with Gasteiger partial charge < -0.3 is 24.8 Å². The molecule has 1 aliphatic heterocycles. The molecule has 0 radical (unpaired) electrons. The minimum absolute atomic E-state index is 0.131. The first-order chi connectivity index (χ1) is 19.5. The van der Waals surface area contributed by atoms with Crippen LogP contribution < -0.4 is 19.7 Å². The first-order valence-corrected chi connectivity index (χ1v) is 13.2. The van der Waals surface area contributed by atoms with E-state index in [0.29, 0.717) is 12.3 Å². The third-order valence-corrected chi connectivity index (χ3v) is 6.67. The molecule has 0 spiro atoms. The van der Waals surface area contributed by atoms with Gasteiger partial charge in [0.15, 0.2) is 11.5 Å². The van der Waals surface area contributed by atoms with Crippen LogP contribution in [0.2, 0.25) is 0 Å².